The zero-order valence-corrected chi connectivity index (χ0v) is 14.7. The summed E-state index contributed by atoms with van der Waals surface area (Å²) in [6, 6.07) is 13.7. The second kappa shape index (κ2) is 7.65. The number of hydrogen-bond acceptors (Lipinski definition) is 4. The third kappa shape index (κ3) is 3.92. The fourth-order valence-corrected chi connectivity index (χ4v) is 2.67. The Hall–Kier alpha value is -3.74. The van der Waals surface area contributed by atoms with Crippen molar-refractivity contribution >= 4 is 28.3 Å². The van der Waals surface area contributed by atoms with E-state index in [4.69, 9.17) is 0 Å². The van der Waals surface area contributed by atoms with Crippen LogP contribution in [0, 0.1) is 0 Å². The topological polar surface area (TPSA) is 93.1 Å². The van der Waals surface area contributed by atoms with Gasteiger partial charge in [-0.3, -0.25) is 14.4 Å². The number of fused-ring (bicyclic) bond motifs is 1. The quantitative estimate of drug-likeness (QED) is 0.679. The van der Waals surface area contributed by atoms with Crippen LogP contribution in [0.3, 0.4) is 0 Å². The highest BCUT2D eigenvalue weighted by atomic mass is 16.2. The third-order valence-corrected chi connectivity index (χ3v) is 4.05. The molecule has 0 aliphatic rings. The Morgan fingerprint density at radius 3 is 2.44 bits per heavy atom. The molecule has 0 radical (unpaired) electrons. The standard InChI is InChI=1S/C20H18N4O3/c1-3-18(25)22-14-10-8-13(9-11-14)19(26)21-12-17-15-6-4-5-7-16(15)20(27)24(2)23-17/h3-11H,1,12H2,2H3,(H,21,26)(H,22,25). The first kappa shape index (κ1) is 18.1. The number of nitrogens with one attached hydrogen (secondary N) is 2. The van der Waals surface area contributed by atoms with Crippen LogP contribution in [0.1, 0.15) is 16.1 Å². The Bertz CT molecular complexity index is 1080. The summed E-state index contributed by atoms with van der Waals surface area (Å²) in [7, 11) is 1.58. The third-order valence-electron chi connectivity index (χ3n) is 4.05. The summed E-state index contributed by atoms with van der Waals surface area (Å²) >= 11 is 0. The van der Waals surface area contributed by atoms with Crippen molar-refractivity contribution in [2.45, 2.75) is 6.54 Å². The molecule has 7 heteroatoms. The van der Waals surface area contributed by atoms with Gasteiger partial charge in [0.05, 0.1) is 17.6 Å². The summed E-state index contributed by atoms with van der Waals surface area (Å²) in [5.74, 6) is -0.601. The molecule has 136 valence electrons. The largest absolute Gasteiger partial charge is 0.346 e. The molecule has 3 rings (SSSR count). The van der Waals surface area contributed by atoms with E-state index in [1.807, 2.05) is 12.1 Å². The van der Waals surface area contributed by atoms with Gasteiger partial charge >= 0.3 is 0 Å². The number of aryl methyl sites for hydroxylation is 1. The summed E-state index contributed by atoms with van der Waals surface area (Å²) in [5.41, 5.74) is 1.44. The Balaban J connectivity index is 1.75. The van der Waals surface area contributed by atoms with Gasteiger partial charge in [0.2, 0.25) is 5.91 Å². The second-order valence-corrected chi connectivity index (χ2v) is 5.87. The van der Waals surface area contributed by atoms with Crippen molar-refractivity contribution in [1.82, 2.24) is 15.1 Å². The van der Waals surface area contributed by atoms with E-state index in [0.717, 1.165) is 0 Å². The molecule has 3 aromatic rings. The second-order valence-electron chi connectivity index (χ2n) is 5.87. The molecule has 0 aliphatic carbocycles. The fourth-order valence-electron chi connectivity index (χ4n) is 2.67. The van der Waals surface area contributed by atoms with Crippen molar-refractivity contribution in [2.24, 2.45) is 7.05 Å². The lowest BCUT2D eigenvalue weighted by atomic mass is 10.1. The zero-order valence-electron chi connectivity index (χ0n) is 14.7. The highest BCUT2D eigenvalue weighted by molar-refractivity contribution is 5.99. The predicted molar refractivity (Wildman–Crippen MR) is 103 cm³/mol. The maximum Gasteiger partial charge on any atom is 0.274 e. The lowest BCUT2D eigenvalue weighted by Crippen LogP contribution is -2.27. The number of anilines is 1. The Labute approximate surface area is 155 Å². The zero-order chi connectivity index (χ0) is 19.4. The normalized spacial score (nSPS) is 10.4. The number of rotatable bonds is 5. The van der Waals surface area contributed by atoms with Gasteiger partial charge in [-0.15, -0.1) is 0 Å². The number of nitrogens with zero attached hydrogens (tertiary/aromatic N) is 2. The smallest absolute Gasteiger partial charge is 0.274 e. The van der Waals surface area contributed by atoms with E-state index in [9.17, 15) is 14.4 Å². The van der Waals surface area contributed by atoms with Crippen LogP contribution in [0.25, 0.3) is 10.8 Å². The summed E-state index contributed by atoms with van der Waals surface area (Å²) in [4.78, 5) is 35.8. The molecule has 1 heterocycles. The van der Waals surface area contributed by atoms with Crippen LogP contribution in [0.15, 0.2) is 66.0 Å². The summed E-state index contributed by atoms with van der Waals surface area (Å²) in [6.07, 6.45) is 1.17. The first-order valence-corrected chi connectivity index (χ1v) is 8.26. The molecular weight excluding hydrogens is 344 g/mol. The lowest BCUT2D eigenvalue weighted by Gasteiger charge is -2.10. The molecule has 7 nitrogen and oxygen atoms in total. The van der Waals surface area contributed by atoms with E-state index in [0.29, 0.717) is 27.7 Å². The van der Waals surface area contributed by atoms with Crippen molar-refractivity contribution in [3.05, 3.63) is 82.8 Å². The van der Waals surface area contributed by atoms with E-state index in [-0.39, 0.29) is 23.9 Å². The molecule has 0 saturated carbocycles. The fraction of sp³-hybridized carbons (Fsp3) is 0.100. The molecule has 0 spiro atoms. The monoisotopic (exact) mass is 362 g/mol. The lowest BCUT2D eigenvalue weighted by molar-refractivity contribution is -0.111. The molecule has 1 aromatic heterocycles. The van der Waals surface area contributed by atoms with Crippen molar-refractivity contribution in [1.29, 1.82) is 0 Å². The van der Waals surface area contributed by atoms with Crippen LogP contribution < -0.4 is 16.2 Å². The van der Waals surface area contributed by atoms with Gasteiger partial charge in [0.15, 0.2) is 0 Å². The van der Waals surface area contributed by atoms with Crippen molar-refractivity contribution in [3.8, 4) is 0 Å². The van der Waals surface area contributed by atoms with Crippen molar-refractivity contribution in [2.75, 3.05) is 5.32 Å². The highest BCUT2D eigenvalue weighted by Crippen LogP contribution is 2.13. The van der Waals surface area contributed by atoms with E-state index in [2.05, 4.69) is 22.3 Å². The van der Waals surface area contributed by atoms with E-state index in [1.165, 1.54) is 10.8 Å². The maximum atomic E-state index is 12.4. The average Bonchev–Trinajstić information content (AvgIpc) is 2.70. The summed E-state index contributed by atoms with van der Waals surface area (Å²) < 4.78 is 1.26. The maximum absolute atomic E-state index is 12.4. The van der Waals surface area contributed by atoms with E-state index in [1.54, 1.807) is 43.4 Å². The minimum absolute atomic E-state index is 0.183. The molecule has 0 unspecified atom stereocenters. The van der Waals surface area contributed by atoms with Crippen molar-refractivity contribution < 1.29 is 9.59 Å². The first-order valence-electron chi connectivity index (χ1n) is 8.26. The number of aromatic nitrogens is 2. The molecule has 2 amide bonds. The van der Waals surface area contributed by atoms with Crippen LogP contribution in [-0.4, -0.2) is 21.6 Å². The molecule has 2 aromatic carbocycles. The Kier molecular flexibility index (Phi) is 5.12. The van der Waals surface area contributed by atoms with Gasteiger partial charge in [-0.2, -0.15) is 5.10 Å². The van der Waals surface area contributed by atoms with Gasteiger partial charge in [-0.25, -0.2) is 4.68 Å². The molecule has 2 N–H and O–H groups in total. The Morgan fingerprint density at radius 1 is 1.11 bits per heavy atom. The minimum atomic E-state index is -0.320. The van der Waals surface area contributed by atoms with Gasteiger partial charge in [0.25, 0.3) is 11.5 Å². The van der Waals surface area contributed by atoms with E-state index >= 15 is 0 Å². The highest BCUT2D eigenvalue weighted by Gasteiger charge is 2.11. The van der Waals surface area contributed by atoms with Gasteiger partial charge in [-0.1, -0.05) is 24.8 Å². The van der Waals surface area contributed by atoms with Crippen LogP contribution in [-0.2, 0) is 18.4 Å². The molecule has 0 saturated heterocycles. The number of amides is 2. The van der Waals surface area contributed by atoms with Crippen LogP contribution >= 0.6 is 0 Å². The summed E-state index contributed by atoms with van der Waals surface area (Å²) in [5, 5.41) is 10.9. The van der Waals surface area contributed by atoms with Gasteiger partial charge < -0.3 is 10.6 Å². The average molecular weight is 362 g/mol. The number of hydrogen-bond donors (Lipinski definition) is 2. The van der Waals surface area contributed by atoms with Crippen LogP contribution in [0.5, 0.6) is 0 Å². The van der Waals surface area contributed by atoms with Crippen molar-refractivity contribution in [3.63, 3.8) is 0 Å². The molecule has 0 bridgehead atoms. The predicted octanol–water partition coefficient (Wildman–Crippen LogP) is 1.99. The minimum Gasteiger partial charge on any atom is -0.346 e. The molecule has 0 fully saturated rings. The number of carbonyl (C=O) groups excluding carboxylic acids is 2. The van der Waals surface area contributed by atoms with Gasteiger partial charge in [-0.05, 0) is 36.4 Å². The molecular formula is C20H18N4O3. The molecule has 0 aliphatic heterocycles. The van der Waals surface area contributed by atoms with Gasteiger partial charge in [0, 0.05) is 23.7 Å². The Morgan fingerprint density at radius 2 is 1.78 bits per heavy atom. The number of carbonyl (C=O) groups is 2. The first-order chi connectivity index (χ1) is 13.0. The SMILES string of the molecule is C=CC(=O)Nc1ccc(C(=O)NCc2nn(C)c(=O)c3ccccc23)cc1. The van der Waals surface area contributed by atoms with Crippen LogP contribution in [0.4, 0.5) is 5.69 Å². The molecule has 0 atom stereocenters. The summed E-state index contributed by atoms with van der Waals surface area (Å²) in [6.45, 7) is 3.57. The number of benzene rings is 2. The van der Waals surface area contributed by atoms with Crippen LogP contribution in [0.2, 0.25) is 0 Å². The van der Waals surface area contributed by atoms with E-state index < -0.39 is 0 Å². The molecule has 27 heavy (non-hydrogen) atoms. The van der Waals surface area contributed by atoms with Gasteiger partial charge in [0.1, 0.15) is 0 Å².